The van der Waals surface area contributed by atoms with E-state index in [0.29, 0.717) is 0 Å². The molecule has 0 heterocycles. The Morgan fingerprint density at radius 2 is 1.90 bits per heavy atom. The Hall–Kier alpha value is 0.280. The van der Waals surface area contributed by atoms with E-state index < -0.39 is 6.17 Å². The molecule has 0 amide bonds. The van der Waals surface area contributed by atoms with Crippen molar-refractivity contribution >= 4 is 11.8 Å². The lowest BCUT2D eigenvalue weighted by Crippen LogP contribution is -2.16. The molecule has 0 aromatic heterocycles. The first-order chi connectivity index (χ1) is 4.83. The number of thioether (sulfide) groups is 1. The van der Waals surface area contributed by atoms with Gasteiger partial charge in [-0.05, 0) is 31.4 Å². The van der Waals surface area contributed by atoms with Gasteiger partial charge in [0, 0.05) is 5.25 Å². The average Bonchev–Trinajstić information content (AvgIpc) is 1.95. The normalized spacial score (nSPS) is 34.2. The molecule has 1 fully saturated rings. The Labute approximate surface area is 66.6 Å². The predicted octanol–water partition coefficient (Wildman–Crippen LogP) is 3.02. The van der Waals surface area contributed by atoms with E-state index in [-0.39, 0.29) is 0 Å². The molecule has 0 unspecified atom stereocenters. The van der Waals surface area contributed by atoms with E-state index >= 15 is 0 Å². The van der Waals surface area contributed by atoms with Crippen LogP contribution in [-0.2, 0) is 0 Å². The van der Waals surface area contributed by atoms with Crippen LogP contribution in [-0.4, -0.2) is 17.2 Å². The van der Waals surface area contributed by atoms with Gasteiger partial charge in [-0.2, -0.15) is 11.8 Å². The first kappa shape index (κ1) is 8.38. The van der Waals surface area contributed by atoms with Crippen molar-refractivity contribution in [1.29, 1.82) is 0 Å². The lowest BCUT2D eigenvalue weighted by molar-refractivity contribution is 0.255. The van der Waals surface area contributed by atoms with Crippen LogP contribution >= 0.6 is 11.8 Å². The fourth-order valence-corrected chi connectivity index (χ4v) is 2.50. The summed E-state index contributed by atoms with van der Waals surface area (Å²) in [4.78, 5) is 0. The summed E-state index contributed by atoms with van der Waals surface area (Å²) in [7, 11) is 0. The highest BCUT2D eigenvalue weighted by Crippen LogP contribution is 2.29. The Morgan fingerprint density at radius 3 is 2.40 bits per heavy atom. The molecule has 0 saturated heterocycles. The van der Waals surface area contributed by atoms with Gasteiger partial charge in [0.05, 0.1) is 0 Å². The van der Waals surface area contributed by atoms with Crippen LogP contribution < -0.4 is 0 Å². The maximum absolute atomic E-state index is 12.6. The summed E-state index contributed by atoms with van der Waals surface area (Å²) in [6.07, 6.45) is 3.31. The molecule has 0 spiro atoms. The summed E-state index contributed by atoms with van der Waals surface area (Å²) in [5, 5.41) is 0.761. The van der Waals surface area contributed by atoms with Crippen molar-refractivity contribution in [3.05, 3.63) is 0 Å². The molecule has 2 heteroatoms. The van der Waals surface area contributed by atoms with Gasteiger partial charge in [0.15, 0.2) is 0 Å². The van der Waals surface area contributed by atoms with Crippen molar-refractivity contribution < 1.29 is 4.39 Å². The molecule has 60 valence electrons. The van der Waals surface area contributed by atoms with Gasteiger partial charge in [0.1, 0.15) is 6.17 Å². The van der Waals surface area contributed by atoms with Gasteiger partial charge in [0.25, 0.3) is 0 Å². The van der Waals surface area contributed by atoms with E-state index in [9.17, 15) is 4.39 Å². The second kappa shape index (κ2) is 4.22. The van der Waals surface area contributed by atoms with Gasteiger partial charge < -0.3 is 0 Å². The summed E-state index contributed by atoms with van der Waals surface area (Å²) in [5.74, 6) is 1.18. The standard InChI is InChI=1S/C8H15FS/c1-2-10-8-5-3-7(9)4-6-8/h7-8H,2-6H2,1H3. The summed E-state index contributed by atoms with van der Waals surface area (Å²) in [6.45, 7) is 2.17. The number of rotatable bonds is 2. The van der Waals surface area contributed by atoms with Crippen molar-refractivity contribution in [3.63, 3.8) is 0 Å². The van der Waals surface area contributed by atoms with Crippen LogP contribution in [0.1, 0.15) is 32.6 Å². The topological polar surface area (TPSA) is 0 Å². The zero-order chi connectivity index (χ0) is 7.40. The van der Waals surface area contributed by atoms with Gasteiger partial charge in [-0.15, -0.1) is 0 Å². The predicted molar refractivity (Wildman–Crippen MR) is 45.3 cm³/mol. The van der Waals surface area contributed by atoms with E-state index in [1.54, 1.807) is 0 Å². The monoisotopic (exact) mass is 162 g/mol. The van der Waals surface area contributed by atoms with Gasteiger partial charge in [-0.3, -0.25) is 0 Å². The highest BCUT2D eigenvalue weighted by Gasteiger charge is 2.19. The molecule has 0 atom stereocenters. The highest BCUT2D eigenvalue weighted by molar-refractivity contribution is 7.99. The number of alkyl halides is 1. The summed E-state index contributed by atoms with van der Waals surface area (Å²) >= 11 is 1.99. The lowest BCUT2D eigenvalue weighted by Gasteiger charge is -2.22. The Kier molecular flexibility index (Phi) is 3.53. The number of hydrogen-bond donors (Lipinski definition) is 0. The molecular formula is C8H15FS. The largest absolute Gasteiger partial charge is 0.247 e. The van der Waals surface area contributed by atoms with Gasteiger partial charge in [-0.1, -0.05) is 6.92 Å². The fraction of sp³-hybridized carbons (Fsp3) is 1.00. The third-order valence-corrected chi connectivity index (χ3v) is 3.28. The molecule has 0 radical (unpaired) electrons. The first-order valence-corrected chi connectivity index (χ1v) is 5.13. The smallest absolute Gasteiger partial charge is 0.100 e. The van der Waals surface area contributed by atoms with Gasteiger partial charge >= 0.3 is 0 Å². The summed E-state index contributed by atoms with van der Waals surface area (Å²) in [6, 6.07) is 0. The Bertz CT molecular complexity index is 87.3. The molecule has 1 aliphatic rings. The SMILES string of the molecule is CCSC1CCC(F)CC1. The van der Waals surface area contributed by atoms with Crippen molar-refractivity contribution in [2.45, 2.75) is 44.0 Å². The summed E-state index contributed by atoms with van der Waals surface area (Å²) < 4.78 is 12.6. The zero-order valence-electron chi connectivity index (χ0n) is 6.48. The van der Waals surface area contributed by atoms with Gasteiger partial charge in [-0.25, -0.2) is 4.39 Å². The molecule has 10 heavy (non-hydrogen) atoms. The third kappa shape index (κ3) is 2.49. The first-order valence-electron chi connectivity index (χ1n) is 4.08. The van der Waals surface area contributed by atoms with E-state index in [2.05, 4.69) is 6.92 Å². The van der Waals surface area contributed by atoms with Crippen molar-refractivity contribution in [2.24, 2.45) is 0 Å². The average molecular weight is 162 g/mol. The molecule has 0 bridgehead atoms. The summed E-state index contributed by atoms with van der Waals surface area (Å²) in [5.41, 5.74) is 0. The molecule has 0 aromatic carbocycles. The van der Waals surface area contributed by atoms with Crippen LogP contribution in [0.3, 0.4) is 0 Å². The van der Waals surface area contributed by atoms with E-state index in [4.69, 9.17) is 0 Å². The maximum atomic E-state index is 12.6. The van der Waals surface area contributed by atoms with E-state index in [1.807, 2.05) is 11.8 Å². The third-order valence-electron chi connectivity index (χ3n) is 2.01. The van der Waals surface area contributed by atoms with E-state index in [1.165, 1.54) is 5.75 Å². The molecule has 0 nitrogen and oxygen atoms in total. The molecule has 1 aliphatic carbocycles. The second-order valence-electron chi connectivity index (χ2n) is 2.83. The minimum Gasteiger partial charge on any atom is -0.247 e. The molecule has 1 rings (SSSR count). The molecular weight excluding hydrogens is 147 g/mol. The van der Waals surface area contributed by atoms with Crippen LogP contribution in [0.5, 0.6) is 0 Å². The van der Waals surface area contributed by atoms with Crippen molar-refractivity contribution in [2.75, 3.05) is 5.75 Å². The Morgan fingerprint density at radius 1 is 1.30 bits per heavy atom. The fourth-order valence-electron chi connectivity index (χ4n) is 1.42. The van der Waals surface area contributed by atoms with Crippen LogP contribution in [0.4, 0.5) is 4.39 Å². The molecule has 0 aliphatic heterocycles. The van der Waals surface area contributed by atoms with Crippen molar-refractivity contribution in [1.82, 2.24) is 0 Å². The number of halogens is 1. The highest BCUT2D eigenvalue weighted by atomic mass is 32.2. The zero-order valence-corrected chi connectivity index (χ0v) is 7.29. The minimum atomic E-state index is -0.492. The second-order valence-corrected chi connectivity index (χ2v) is 4.41. The lowest BCUT2D eigenvalue weighted by atomic mass is 9.99. The van der Waals surface area contributed by atoms with E-state index in [0.717, 1.165) is 30.9 Å². The molecule has 0 aromatic rings. The van der Waals surface area contributed by atoms with Crippen LogP contribution in [0, 0.1) is 0 Å². The molecule has 0 N–H and O–H groups in total. The van der Waals surface area contributed by atoms with Crippen LogP contribution in [0.25, 0.3) is 0 Å². The van der Waals surface area contributed by atoms with Gasteiger partial charge in [0.2, 0.25) is 0 Å². The van der Waals surface area contributed by atoms with Crippen molar-refractivity contribution in [3.8, 4) is 0 Å². The van der Waals surface area contributed by atoms with Crippen LogP contribution in [0.15, 0.2) is 0 Å². The minimum absolute atomic E-state index is 0.492. The number of hydrogen-bond acceptors (Lipinski definition) is 1. The quantitative estimate of drug-likeness (QED) is 0.601. The van der Waals surface area contributed by atoms with Crippen LogP contribution in [0.2, 0.25) is 0 Å². The molecule has 1 saturated carbocycles. The maximum Gasteiger partial charge on any atom is 0.100 e. The Balaban J connectivity index is 2.13.